The van der Waals surface area contributed by atoms with Crippen molar-refractivity contribution < 1.29 is 5.11 Å². The molecule has 3 aliphatic carbocycles. The summed E-state index contributed by atoms with van der Waals surface area (Å²) in [7, 11) is 0. The molecule has 0 amide bonds. The highest BCUT2D eigenvalue weighted by Crippen LogP contribution is 2.53. The lowest BCUT2D eigenvalue weighted by Gasteiger charge is -2.28. The van der Waals surface area contributed by atoms with Crippen LogP contribution < -0.4 is 0 Å². The van der Waals surface area contributed by atoms with Crippen LogP contribution in [0.4, 0.5) is 0 Å². The standard InChI is InChI=1S/C20H22O/c21-20(18-11-12-4-5-15(18)10-12)17-9-8-14-7-6-13-2-1-3-16(17)19(13)14/h1-3,8-9,12,15,18,20-21H,4-7,10-11H2. The fraction of sp³-hybridized carbons (Fsp3) is 0.500. The van der Waals surface area contributed by atoms with Gasteiger partial charge in [-0.15, -0.1) is 0 Å². The van der Waals surface area contributed by atoms with Crippen molar-refractivity contribution in [3.8, 4) is 0 Å². The summed E-state index contributed by atoms with van der Waals surface area (Å²) in [5, 5.41) is 13.8. The third-order valence-electron chi connectivity index (χ3n) is 6.43. The molecule has 0 aromatic heterocycles. The van der Waals surface area contributed by atoms with E-state index in [0.29, 0.717) is 5.92 Å². The van der Waals surface area contributed by atoms with Crippen LogP contribution in [0.15, 0.2) is 30.3 Å². The monoisotopic (exact) mass is 278 g/mol. The van der Waals surface area contributed by atoms with Gasteiger partial charge in [-0.05, 0) is 77.3 Å². The van der Waals surface area contributed by atoms with Gasteiger partial charge >= 0.3 is 0 Å². The second-order valence-corrected chi connectivity index (χ2v) is 7.44. The molecule has 2 fully saturated rings. The maximum atomic E-state index is 11.0. The first kappa shape index (κ1) is 12.2. The first-order valence-corrected chi connectivity index (χ1v) is 8.52. The Balaban J connectivity index is 1.62. The van der Waals surface area contributed by atoms with Gasteiger partial charge in [0.1, 0.15) is 0 Å². The number of aliphatic hydroxyl groups excluding tert-OH is 1. The van der Waals surface area contributed by atoms with Crippen LogP contribution in [0.5, 0.6) is 0 Å². The highest BCUT2D eigenvalue weighted by molar-refractivity contribution is 5.93. The molecule has 2 bridgehead atoms. The zero-order chi connectivity index (χ0) is 14.0. The lowest BCUT2D eigenvalue weighted by molar-refractivity contribution is 0.0757. The van der Waals surface area contributed by atoms with Crippen LogP contribution in [0.2, 0.25) is 0 Å². The minimum Gasteiger partial charge on any atom is -0.388 e. The largest absolute Gasteiger partial charge is 0.388 e. The molecule has 0 heterocycles. The summed E-state index contributed by atoms with van der Waals surface area (Å²) in [4.78, 5) is 0. The molecule has 3 aliphatic rings. The lowest BCUT2D eigenvalue weighted by Crippen LogP contribution is -2.19. The molecule has 4 atom stereocenters. The molecule has 4 unspecified atom stereocenters. The molecule has 2 aromatic carbocycles. The molecular weight excluding hydrogens is 256 g/mol. The molecule has 0 spiro atoms. The van der Waals surface area contributed by atoms with Gasteiger partial charge in [0.2, 0.25) is 0 Å². The van der Waals surface area contributed by atoms with Crippen molar-refractivity contribution in [1.82, 2.24) is 0 Å². The van der Waals surface area contributed by atoms with Crippen molar-refractivity contribution in [3.05, 3.63) is 47.0 Å². The average molecular weight is 278 g/mol. The molecule has 1 nitrogen and oxygen atoms in total. The van der Waals surface area contributed by atoms with Gasteiger partial charge in [-0.2, -0.15) is 0 Å². The second kappa shape index (κ2) is 4.33. The van der Waals surface area contributed by atoms with Gasteiger partial charge in [-0.3, -0.25) is 0 Å². The van der Waals surface area contributed by atoms with E-state index in [9.17, 15) is 5.11 Å². The zero-order valence-corrected chi connectivity index (χ0v) is 12.4. The third kappa shape index (κ3) is 1.67. The fourth-order valence-electron chi connectivity index (χ4n) is 5.44. The molecular formula is C20H22O. The van der Waals surface area contributed by atoms with Gasteiger partial charge in [0, 0.05) is 0 Å². The van der Waals surface area contributed by atoms with Crippen molar-refractivity contribution in [2.45, 2.75) is 44.6 Å². The molecule has 108 valence electrons. The quantitative estimate of drug-likeness (QED) is 0.863. The number of aliphatic hydroxyl groups is 1. The summed E-state index contributed by atoms with van der Waals surface area (Å²) >= 11 is 0. The minimum absolute atomic E-state index is 0.259. The predicted molar refractivity (Wildman–Crippen MR) is 85.3 cm³/mol. The third-order valence-corrected chi connectivity index (χ3v) is 6.43. The van der Waals surface area contributed by atoms with Crippen molar-refractivity contribution in [1.29, 1.82) is 0 Å². The van der Waals surface area contributed by atoms with E-state index in [1.165, 1.54) is 66.0 Å². The van der Waals surface area contributed by atoms with Crippen LogP contribution >= 0.6 is 0 Å². The Morgan fingerprint density at radius 3 is 2.57 bits per heavy atom. The first-order chi connectivity index (χ1) is 10.3. The van der Waals surface area contributed by atoms with Crippen LogP contribution in [-0.2, 0) is 12.8 Å². The van der Waals surface area contributed by atoms with E-state index in [4.69, 9.17) is 0 Å². The predicted octanol–water partition coefficient (Wildman–Crippen LogP) is 4.41. The van der Waals surface area contributed by atoms with E-state index < -0.39 is 0 Å². The maximum Gasteiger partial charge on any atom is 0.0826 e. The van der Waals surface area contributed by atoms with Crippen molar-refractivity contribution in [2.75, 3.05) is 0 Å². The molecule has 2 aromatic rings. The molecule has 2 saturated carbocycles. The molecule has 0 saturated heterocycles. The van der Waals surface area contributed by atoms with Crippen molar-refractivity contribution in [3.63, 3.8) is 0 Å². The fourth-order valence-corrected chi connectivity index (χ4v) is 5.44. The number of benzene rings is 2. The summed E-state index contributed by atoms with van der Waals surface area (Å²) < 4.78 is 0. The second-order valence-electron chi connectivity index (χ2n) is 7.44. The number of fused-ring (bicyclic) bond motifs is 2. The van der Waals surface area contributed by atoms with Crippen LogP contribution in [0.1, 0.15) is 48.5 Å². The number of hydrogen-bond donors (Lipinski definition) is 1. The van der Waals surface area contributed by atoms with Gasteiger partial charge in [-0.1, -0.05) is 36.8 Å². The Morgan fingerprint density at radius 1 is 0.952 bits per heavy atom. The van der Waals surface area contributed by atoms with E-state index >= 15 is 0 Å². The smallest absolute Gasteiger partial charge is 0.0826 e. The minimum atomic E-state index is -0.259. The summed E-state index contributed by atoms with van der Waals surface area (Å²) in [6.07, 6.45) is 7.43. The normalized spacial score (nSPS) is 31.2. The number of hydrogen-bond acceptors (Lipinski definition) is 1. The lowest BCUT2D eigenvalue weighted by atomic mass is 9.80. The Bertz CT molecular complexity index is 707. The Hall–Kier alpha value is -1.34. The van der Waals surface area contributed by atoms with E-state index in [0.717, 1.165) is 11.8 Å². The van der Waals surface area contributed by atoms with Gasteiger partial charge in [0.25, 0.3) is 0 Å². The van der Waals surface area contributed by atoms with Gasteiger partial charge in [-0.25, -0.2) is 0 Å². The summed E-state index contributed by atoms with van der Waals surface area (Å²) in [6, 6.07) is 11.1. The molecule has 21 heavy (non-hydrogen) atoms. The molecule has 1 N–H and O–H groups in total. The van der Waals surface area contributed by atoms with Crippen LogP contribution in [0.25, 0.3) is 10.8 Å². The average Bonchev–Trinajstić information content (AvgIpc) is 3.23. The summed E-state index contributed by atoms with van der Waals surface area (Å²) in [5.74, 6) is 2.17. The van der Waals surface area contributed by atoms with Gasteiger partial charge in [0.05, 0.1) is 6.10 Å². The van der Waals surface area contributed by atoms with E-state index in [1.54, 1.807) is 0 Å². The van der Waals surface area contributed by atoms with Crippen LogP contribution in [0, 0.1) is 17.8 Å². The highest BCUT2D eigenvalue weighted by Gasteiger charge is 2.43. The van der Waals surface area contributed by atoms with Crippen LogP contribution in [-0.4, -0.2) is 5.11 Å². The maximum absolute atomic E-state index is 11.0. The van der Waals surface area contributed by atoms with Crippen molar-refractivity contribution >= 4 is 10.8 Å². The van der Waals surface area contributed by atoms with Crippen LogP contribution in [0.3, 0.4) is 0 Å². The Morgan fingerprint density at radius 2 is 1.81 bits per heavy atom. The summed E-state index contributed by atoms with van der Waals surface area (Å²) in [6.45, 7) is 0. The Labute approximate surface area is 126 Å². The van der Waals surface area contributed by atoms with E-state index in [2.05, 4.69) is 30.3 Å². The number of rotatable bonds is 2. The van der Waals surface area contributed by atoms with Gasteiger partial charge in [0.15, 0.2) is 0 Å². The zero-order valence-electron chi connectivity index (χ0n) is 12.4. The molecule has 0 radical (unpaired) electrons. The first-order valence-electron chi connectivity index (χ1n) is 8.52. The summed E-state index contributed by atoms with van der Waals surface area (Å²) in [5.41, 5.74) is 4.14. The SMILES string of the molecule is OC(c1ccc2c3c(cccc13)CC2)C1CC2CCC1C2. The molecule has 1 heteroatoms. The van der Waals surface area contributed by atoms with E-state index in [1.807, 2.05) is 0 Å². The Kier molecular flexibility index (Phi) is 2.52. The van der Waals surface area contributed by atoms with Gasteiger partial charge < -0.3 is 5.11 Å². The highest BCUT2D eigenvalue weighted by atomic mass is 16.3. The number of aryl methyl sites for hydroxylation is 2. The van der Waals surface area contributed by atoms with Crippen molar-refractivity contribution in [2.24, 2.45) is 17.8 Å². The molecule has 5 rings (SSSR count). The molecule has 0 aliphatic heterocycles. The topological polar surface area (TPSA) is 20.2 Å². The van der Waals surface area contributed by atoms with E-state index in [-0.39, 0.29) is 6.10 Å².